The zero-order chi connectivity index (χ0) is 19.6. The van der Waals surface area contributed by atoms with Crippen LogP contribution in [0.3, 0.4) is 0 Å². The monoisotopic (exact) mass is 426 g/mol. The Labute approximate surface area is 168 Å². The minimum Gasteiger partial charge on any atom is -0.481 e. The molecule has 0 atom stereocenters. The standard InChI is InChI=1S/C18H13Cl2FN2O3S/c19-10-5-6-13-18(17(10)20)22-14(27-13)9-23(15(24)7-8-16(25)26)12-4-2-1-3-11(12)21/h1-6H,7-9H2,(H,25,26). The van der Waals surface area contributed by atoms with E-state index in [0.29, 0.717) is 20.6 Å². The second kappa shape index (κ2) is 8.21. The third kappa shape index (κ3) is 4.37. The van der Waals surface area contributed by atoms with Crippen LogP contribution in [-0.4, -0.2) is 22.0 Å². The molecule has 0 saturated heterocycles. The molecule has 27 heavy (non-hydrogen) atoms. The second-order valence-corrected chi connectivity index (χ2v) is 7.54. The van der Waals surface area contributed by atoms with Gasteiger partial charge in [0.2, 0.25) is 5.91 Å². The number of fused-ring (bicyclic) bond motifs is 1. The summed E-state index contributed by atoms with van der Waals surface area (Å²) in [4.78, 5) is 29.0. The second-order valence-electron chi connectivity index (χ2n) is 5.64. The lowest BCUT2D eigenvalue weighted by molar-refractivity contribution is -0.138. The molecule has 1 aromatic heterocycles. The summed E-state index contributed by atoms with van der Waals surface area (Å²) in [5.74, 6) is -2.19. The maximum atomic E-state index is 14.3. The van der Waals surface area contributed by atoms with E-state index in [4.69, 9.17) is 28.3 Å². The minimum atomic E-state index is -1.10. The van der Waals surface area contributed by atoms with Gasteiger partial charge in [-0.2, -0.15) is 0 Å². The number of aromatic nitrogens is 1. The molecule has 0 spiro atoms. The van der Waals surface area contributed by atoms with Crippen molar-refractivity contribution < 1.29 is 19.1 Å². The number of aliphatic carboxylic acids is 1. The van der Waals surface area contributed by atoms with Gasteiger partial charge in [0.05, 0.1) is 33.4 Å². The first-order valence-electron chi connectivity index (χ1n) is 7.87. The number of thiazole rings is 1. The van der Waals surface area contributed by atoms with E-state index in [9.17, 15) is 14.0 Å². The fourth-order valence-electron chi connectivity index (χ4n) is 2.51. The molecule has 0 aliphatic carbocycles. The van der Waals surface area contributed by atoms with Gasteiger partial charge >= 0.3 is 5.97 Å². The van der Waals surface area contributed by atoms with Gasteiger partial charge in [0.25, 0.3) is 0 Å². The number of carbonyl (C=O) groups is 2. The van der Waals surface area contributed by atoms with Gasteiger partial charge in [-0.05, 0) is 24.3 Å². The Morgan fingerprint density at radius 1 is 1.15 bits per heavy atom. The van der Waals surface area contributed by atoms with E-state index >= 15 is 0 Å². The maximum absolute atomic E-state index is 14.3. The number of carboxylic acid groups (broad SMARTS) is 1. The van der Waals surface area contributed by atoms with Crippen molar-refractivity contribution in [3.63, 3.8) is 0 Å². The van der Waals surface area contributed by atoms with Gasteiger partial charge in [0.15, 0.2) is 0 Å². The molecule has 0 saturated carbocycles. The Hall–Kier alpha value is -2.22. The lowest BCUT2D eigenvalue weighted by atomic mass is 10.2. The van der Waals surface area contributed by atoms with Crippen molar-refractivity contribution in [2.45, 2.75) is 19.4 Å². The number of hydrogen-bond donors (Lipinski definition) is 1. The summed E-state index contributed by atoms with van der Waals surface area (Å²) >= 11 is 13.5. The van der Waals surface area contributed by atoms with E-state index in [-0.39, 0.29) is 25.1 Å². The van der Waals surface area contributed by atoms with Gasteiger partial charge < -0.3 is 10.0 Å². The van der Waals surface area contributed by atoms with Crippen LogP contribution in [-0.2, 0) is 16.1 Å². The predicted octanol–water partition coefficient (Wildman–Crippen LogP) is 5.14. The van der Waals surface area contributed by atoms with E-state index in [2.05, 4.69) is 4.98 Å². The summed E-state index contributed by atoms with van der Waals surface area (Å²) in [7, 11) is 0. The van der Waals surface area contributed by atoms with Gasteiger partial charge in [0, 0.05) is 6.42 Å². The summed E-state index contributed by atoms with van der Waals surface area (Å²) < 4.78 is 15.0. The lowest BCUT2D eigenvalue weighted by Crippen LogP contribution is -2.31. The molecule has 0 aliphatic heterocycles. The summed E-state index contributed by atoms with van der Waals surface area (Å²) in [5, 5.41) is 10.0. The molecular weight excluding hydrogens is 414 g/mol. The van der Waals surface area contributed by atoms with Crippen molar-refractivity contribution in [1.82, 2.24) is 4.98 Å². The number of anilines is 1. The molecule has 3 aromatic rings. The third-order valence-electron chi connectivity index (χ3n) is 3.79. The van der Waals surface area contributed by atoms with Crippen LogP contribution in [0.4, 0.5) is 10.1 Å². The molecule has 0 unspecified atom stereocenters. The number of benzene rings is 2. The fourth-order valence-corrected chi connectivity index (χ4v) is 3.89. The first-order valence-corrected chi connectivity index (χ1v) is 9.44. The fraction of sp³-hybridized carbons (Fsp3) is 0.167. The molecular formula is C18H13Cl2FN2O3S. The van der Waals surface area contributed by atoms with Crippen LogP contribution in [0.25, 0.3) is 10.2 Å². The van der Waals surface area contributed by atoms with Gasteiger partial charge in [-0.3, -0.25) is 9.59 Å². The molecule has 0 aliphatic rings. The highest BCUT2D eigenvalue weighted by molar-refractivity contribution is 7.18. The van der Waals surface area contributed by atoms with Crippen molar-refractivity contribution in [3.05, 3.63) is 57.3 Å². The number of carboxylic acids is 1. The van der Waals surface area contributed by atoms with Gasteiger partial charge in [-0.1, -0.05) is 35.3 Å². The Kier molecular flexibility index (Phi) is 5.94. The third-order valence-corrected chi connectivity index (χ3v) is 5.59. The molecule has 2 aromatic carbocycles. The number of hydrogen-bond acceptors (Lipinski definition) is 4. The van der Waals surface area contributed by atoms with Gasteiger partial charge in [0.1, 0.15) is 16.3 Å². The van der Waals surface area contributed by atoms with Crippen molar-refractivity contribution in [2.75, 3.05) is 4.90 Å². The van der Waals surface area contributed by atoms with Crippen LogP contribution in [0.2, 0.25) is 10.0 Å². The highest BCUT2D eigenvalue weighted by Crippen LogP contribution is 2.34. The van der Waals surface area contributed by atoms with E-state index in [1.54, 1.807) is 18.2 Å². The first kappa shape index (κ1) is 19.5. The molecule has 0 radical (unpaired) electrons. The lowest BCUT2D eigenvalue weighted by Gasteiger charge is -2.22. The van der Waals surface area contributed by atoms with Crippen LogP contribution in [0.5, 0.6) is 0 Å². The molecule has 1 N–H and O–H groups in total. The largest absolute Gasteiger partial charge is 0.481 e. The van der Waals surface area contributed by atoms with Gasteiger partial charge in [-0.15, -0.1) is 11.3 Å². The van der Waals surface area contributed by atoms with Crippen LogP contribution >= 0.6 is 34.5 Å². The molecule has 0 fully saturated rings. The smallest absolute Gasteiger partial charge is 0.303 e. The highest BCUT2D eigenvalue weighted by Gasteiger charge is 2.22. The number of carbonyl (C=O) groups excluding carboxylic acids is 1. The molecule has 9 heteroatoms. The van der Waals surface area contributed by atoms with Crippen LogP contribution < -0.4 is 4.90 Å². The first-order chi connectivity index (χ1) is 12.9. The van der Waals surface area contributed by atoms with Crippen molar-refractivity contribution in [1.29, 1.82) is 0 Å². The SMILES string of the molecule is O=C(O)CCC(=O)N(Cc1nc2c(Cl)c(Cl)ccc2s1)c1ccccc1F. The zero-order valence-electron chi connectivity index (χ0n) is 13.8. The topological polar surface area (TPSA) is 70.5 Å². The molecule has 5 nitrogen and oxygen atoms in total. The molecule has 0 bridgehead atoms. The molecule has 3 rings (SSSR count). The Morgan fingerprint density at radius 3 is 2.59 bits per heavy atom. The average Bonchev–Trinajstić information content (AvgIpc) is 3.05. The number of amides is 1. The van der Waals surface area contributed by atoms with E-state index < -0.39 is 17.7 Å². The number of para-hydroxylation sites is 1. The van der Waals surface area contributed by atoms with Crippen molar-refractivity contribution in [2.24, 2.45) is 0 Å². The molecule has 1 amide bonds. The van der Waals surface area contributed by atoms with Crippen LogP contribution in [0, 0.1) is 5.82 Å². The average molecular weight is 427 g/mol. The number of nitrogens with zero attached hydrogens (tertiary/aromatic N) is 2. The quantitative estimate of drug-likeness (QED) is 0.592. The number of rotatable bonds is 6. The van der Waals surface area contributed by atoms with Crippen LogP contribution in [0.1, 0.15) is 17.8 Å². The summed E-state index contributed by atoms with van der Waals surface area (Å²) in [6, 6.07) is 9.24. The van der Waals surface area contributed by atoms with Crippen LogP contribution in [0.15, 0.2) is 36.4 Å². The highest BCUT2D eigenvalue weighted by atomic mass is 35.5. The van der Waals surface area contributed by atoms with E-state index in [0.717, 1.165) is 4.70 Å². The van der Waals surface area contributed by atoms with Gasteiger partial charge in [-0.25, -0.2) is 9.37 Å². The summed E-state index contributed by atoms with van der Waals surface area (Å²) in [6.07, 6.45) is -0.591. The van der Waals surface area contributed by atoms with E-state index in [1.807, 2.05) is 0 Å². The number of halogens is 3. The Balaban J connectivity index is 1.96. The predicted molar refractivity (Wildman–Crippen MR) is 104 cm³/mol. The van der Waals surface area contributed by atoms with E-state index in [1.165, 1.54) is 34.4 Å². The molecule has 1 heterocycles. The minimum absolute atomic E-state index is 0.00726. The summed E-state index contributed by atoms with van der Waals surface area (Å²) in [5.41, 5.74) is 0.576. The maximum Gasteiger partial charge on any atom is 0.303 e. The Morgan fingerprint density at radius 2 is 1.89 bits per heavy atom. The zero-order valence-corrected chi connectivity index (χ0v) is 16.1. The molecule has 140 valence electrons. The van der Waals surface area contributed by atoms with Crippen molar-refractivity contribution in [3.8, 4) is 0 Å². The van der Waals surface area contributed by atoms with Crippen molar-refractivity contribution >= 4 is 62.3 Å². The normalized spacial score (nSPS) is 10.9. The Bertz CT molecular complexity index is 1030. The summed E-state index contributed by atoms with van der Waals surface area (Å²) in [6.45, 7) is -0.00726.